The summed E-state index contributed by atoms with van der Waals surface area (Å²) in [5.74, 6) is -0.0116. The molecule has 0 aromatic carbocycles. The molecule has 0 aliphatic carbocycles. The monoisotopic (exact) mass is 364 g/mol. The summed E-state index contributed by atoms with van der Waals surface area (Å²) < 4.78 is 10.2. The third-order valence-electron chi connectivity index (χ3n) is 5.11. The highest BCUT2D eigenvalue weighted by Gasteiger charge is 2.33. The number of furan rings is 1. The lowest BCUT2D eigenvalue weighted by atomic mass is 10.1. The standard InChI is InChI=1S/C18H28N4O4/c1-25-11-9-20-5-7-21(8-6-20)17(23)12-16-18(24)19-3-4-22(16)13-15-2-10-26-14-15/h2,10,14,16H,3-9,11-13H2,1H3,(H,19,24)/t16-/m0/s1. The number of carbonyl (C=O) groups excluding carboxylic acids is 2. The Labute approximate surface area is 154 Å². The molecule has 1 aromatic heterocycles. The van der Waals surface area contributed by atoms with Crippen molar-refractivity contribution in [2.75, 3.05) is 59.5 Å². The predicted octanol–water partition coefficient (Wildman–Crippen LogP) is -0.239. The average molecular weight is 364 g/mol. The van der Waals surface area contributed by atoms with E-state index in [2.05, 4.69) is 15.1 Å². The van der Waals surface area contributed by atoms with Crippen molar-refractivity contribution >= 4 is 11.8 Å². The summed E-state index contributed by atoms with van der Waals surface area (Å²) in [6.07, 6.45) is 3.54. The summed E-state index contributed by atoms with van der Waals surface area (Å²) in [4.78, 5) is 31.3. The second-order valence-corrected chi connectivity index (χ2v) is 6.83. The normalized spacial score (nSPS) is 22.4. The van der Waals surface area contributed by atoms with Crippen LogP contribution in [0, 0.1) is 0 Å². The largest absolute Gasteiger partial charge is 0.472 e. The molecular weight excluding hydrogens is 336 g/mol. The van der Waals surface area contributed by atoms with Crippen LogP contribution in [0.3, 0.4) is 0 Å². The Balaban J connectivity index is 1.53. The zero-order valence-electron chi connectivity index (χ0n) is 15.4. The number of hydrogen-bond acceptors (Lipinski definition) is 6. The van der Waals surface area contributed by atoms with Crippen molar-refractivity contribution in [1.29, 1.82) is 0 Å². The molecule has 8 nitrogen and oxygen atoms in total. The minimum absolute atomic E-state index is 0.0515. The smallest absolute Gasteiger partial charge is 0.237 e. The number of nitrogens with zero attached hydrogens (tertiary/aromatic N) is 3. The zero-order chi connectivity index (χ0) is 18.4. The molecule has 1 N–H and O–H groups in total. The van der Waals surface area contributed by atoms with Crippen molar-refractivity contribution in [3.63, 3.8) is 0 Å². The Morgan fingerprint density at radius 3 is 2.81 bits per heavy atom. The van der Waals surface area contributed by atoms with Crippen molar-refractivity contribution < 1.29 is 18.7 Å². The molecule has 2 amide bonds. The Kier molecular flexibility index (Phi) is 6.65. The molecule has 0 spiro atoms. The highest BCUT2D eigenvalue weighted by molar-refractivity contribution is 5.88. The number of piperazine rings is 2. The number of rotatable bonds is 7. The van der Waals surface area contributed by atoms with E-state index >= 15 is 0 Å². The van der Waals surface area contributed by atoms with Crippen LogP contribution in [-0.2, 0) is 20.9 Å². The number of hydrogen-bond donors (Lipinski definition) is 1. The highest BCUT2D eigenvalue weighted by Crippen LogP contribution is 2.16. The fraction of sp³-hybridized carbons (Fsp3) is 0.667. The van der Waals surface area contributed by atoms with Crippen LogP contribution in [0.25, 0.3) is 0 Å². The summed E-state index contributed by atoms with van der Waals surface area (Å²) in [6.45, 7) is 6.68. The minimum Gasteiger partial charge on any atom is -0.472 e. The third-order valence-corrected chi connectivity index (χ3v) is 5.11. The van der Waals surface area contributed by atoms with Gasteiger partial charge in [0.05, 0.1) is 31.6 Å². The molecule has 0 saturated carbocycles. The molecule has 26 heavy (non-hydrogen) atoms. The van der Waals surface area contributed by atoms with Crippen LogP contribution in [0.15, 0.2) is 23.0 Å². The quantitative estimate of drug-likeness (QED) is 0.720. The number of methoxy groups -OCH3 is 1. The SMILES string of the molecule is COCCN1CCN(C(=O)C[C@H]2C(=O)NCCN2Cc2ccoc2)CC1. The molecule has 0 bridgehead atoms. The van der Waals surface area contributed by atoms with E-state index in [1.54, 1.807) is 19.6 Å². The van der Waals surface area contributed by atoms with Gasteiger partial charge in [0.15, 0.2) is 0 Å². The van der Waals surface area contributed by atoms with Crippen LogP contribution in [-0.4, -0.2) is 92.1 Å². The van der Waals surface area contributed by atoms with E-state index in [0.29, 0.717) is 32.8 Å². The molecule has 2 saturated heterocycles. The van der Waals surface area contributed by atoms with Gasteiger partial charge in [0.1, 0.15) is 0 Å². The fourth-order valence-electron chi connectivity index (χ4n) is 3.53. The Bertz CT molecular complexity index is 584. The van der Waals surface area contributed by atoms with Gasteiger partial charge < -0.3 is 19.4 Å². The summed E-state index contributed by atoms with van der Waals surface area (Å²) in [7, 11) is 1.70. The maximum Gasteiger partial charge on any atom is 0.237 e. The number of nitrogens with one attached hydrogen (secondary N) is 1. The molecule has 0 radical (unpaired) electrons. The van der Waals surface area contributed by atoms with Crippen molar-refractivity contribution in [2.24, 2.45) is 0 Å². The van der Waals surface area contributed by atoms with E-state index in [-0.39, 0.29) is 18.2 Å². The molecule has 1 atom stereocenters. The number of amides is 2. The molecule has 1 aromatic rings. The van der Waals surface area contributed by atoms with Gasteiger partial charge in [-0.3, -0.25) is 19.4 Å². The van der Waals surface area contributed by atoms with Crippen LogP contribution in [0.4, 0.5) is 0 Å². The first-order valence-electron chi connectivity index (χ1n) is 9.19. The van der Waals surface area contributed by atoms with Crippen LogP contribution in [0.1, 0.15) is 12.0 Å². The third kappa shape index (κ3) is 4.84. The Hall–Kier alpha value is -1.90. The van der Waals surface area contributed by atoms with Crippen LogP contribution in [0.2, 0.25) is 0 Å². The molecule has 3 heterocycles. The first kappa shape index (κ1) is 18.9. The van der Waals surface area contributed by atoms with Crippen molar-refractivity contribution in [3.8, 4) is 0 Å². The van der Waals surface area contributed by atoms with Gasteiger partial charge in [0.25, 0.3) is 0 Å². The second kappa shape index (κ2) is 9.16. The van der Waals surface area contributed by atoms with Crippen molar-refractivity contribution in [1.82, 2.24) is 20.0 Å². The maximum absolute atomic E-state index is 12.7. The number of carbonyl (C=O) groups is 2. The van der Waals surface area contributed by atoms with Gasteiger partial charge in [-0.1, -0.05) is 0 Å². The molecule has 2 aliphatic rings. The molecule has 3 rings (SSSR count). The van der Waals surface area contributed by atoms with Gasteiger partial charge >= 0.3 is 0 Å². The van der Waals surface area contributed by atoms with Gasteiger partial charge in [0.2, 0.25) is 11.8 Å². The van der Waals surface area contributed by atoms with Gasteiger partial charge in [-0.05, 0) is 6.07 Å². The van der Waals surface area contributed by atoms with E-state index in [0.717, 1.165) is 31.7 Å². The molecule has 0 unspecified atom stereocenters. The van der Waals surface area contributed by atoms with E-state index in [1.165, 1.54) is 0 Å². The van der Waals surface area contributed by atoms with Crippen LogP contribution < -0.4 is 5.32 Å². The van der Waals surface area contributed by atoms with Gasteiger partial charge in [-0.25, -0.2) is 0 Å². The lowest BCUT2D eigenvalue weighted by Gasteiger charge is -2.38. The minimum atomic E-state index is -0.419. The van der Waals surface area contributed by atoms with Gasteiger partial charge in [-0.2, -0.15) is 0 Å². The second-order valence-electron chi connectivity index (χ2n) is 6.83. The zero-order valence-corrected chi connectivity index (χ0v) is 15.4. The van der Waals surface area contributed by atoms with Gasteiger partial charge in [0, 0.05) is 65.0 Å². The Morgan fingerprint density at radius 1 is 1.31 bits per heavy atom. The van der Waals surface area contributed by atoms with E-state index in [1.807, 2.05) is 11.0 Å². The summed E-state index contributed by atoms with van der Waals surface area (Å²) >= 11 is 0. The van der Waals surface area contributed by atoms with Crippen LogP contribution >= 0.6 is 0 Å². The van der Waals surface area contributed by atoms with E-state index < -0.39 is 6.04 Å². The van der Waals surface area contributed by atoms with Gasteiger partial charge in [-0.15, -0.1) is 0 Å². The number of ether oxygens (including phenoxy) is 1. The van der Waals surface area contributed by atoms with Crippen molar-refractivity contribution in [2.45, 2.75) is 19.0 Å². The lowest BCUT2D eigenvalue weighted by Crippen LogP contribution is -2.57. The molecule has 2 aliphatic heterocycles. The predicted molar refractivity (Wildman–Crippen MR) is 95.4 cm³/mol. The molecule has 2 fully saturated rings. The van der Waals surface area contributed by atoms with Crippen molar-refractivity contribution in [3.05, 3.63) is 24.2 Å². The Morgan fingerprint density at radius 2 is 2.12 bits per heavy atom. The first-order valence-corrected chi connectivity index (χ1v) is 9.19. The van der Waals surface area contributed by atoms with Crippen LogP contribution in [0.5, 0.6) is 0 Å². The molecular formula is C18H28N4O4. The average Bonchev–Trinajstić information content (AvgIpc) is 3.16. The summed E-state index contributed by atoms with van der Waals surface area (Å²) in [6, 6.07) is 1.47. The van der Waals surface area contributed by atoms with E-state index in [9.17, 15) is 9.59 Å². The topological polar surface area (TPSA) is 78.3 Å². The highest BCUT2D eigenvalue weighted by atomic mass is 16.5. The van der Waals surface area contributed by atoms with E-state index in [4.69, 9.17) is 9.15 Å². The summed E-state index contributed by atoms with van der Waals surface area (Å²) in [5.41, 5.74) is 1.02. The molecule has 144 valence electrons. The fourth-order valence-corrected chi connectivity index (χ4v) is 3.53. The molecule has 8 heteroatoms. The first-order chi connectivity index (χ1) is 12.7. The lowest BCUT2D eigenvalue weighted by molar-refractivity contribution is -0.140. The maximum atomic E-state index is 12.7. The summed E-state index contributed by atoms with van der Waals surface area (Å²) in [5, 5.41) is 2.88.